The van der Waals surface area contributed by atoms with Crippen LogP contribution in [0.4, 0.5) is 0 Å². The number of hydrogen-bond donors (Lipinski definition) is 3. The fourth-order valence-electron chi connectivity index (χ4n) is 3.22. The number of likely N-dealkylation sites (tertiary alicyclic amines) is 1. The van der Waals surface area contributed by atoms with Gasteiger partial charge in [0.15, 0.2) is 11.4 Å². The molecule has 0 aliphatic carbocycles. The smallest absolute Gasteiger partial charge is 0.270 e. The van der Waals surface area contributed by atoms with E-state index in [-0.39, 0.29) is 29.6 Å². The first-order valence-corrected chi connectivity index (χ1v) is 8.44. The number of nitrogens with zero attached hydrogens (tertiary/aromatic N) is 3. The molecular formula is C17H22N4O4. The van der Waals surface area contributed by atoms with Crippen molar-refractivity contribution in [3.05, 3.63) is 40.4 Å². The highest BCUT2D eigenvalue weighted by Crippen LogP contribution is 2.16. The van der Waals surface area contributed by atoms with Crippen molar-refractivity contribution in [2.24, 2.45) is 0 Å². The van der Waals surface area contributed by atoms with Crippen LogP contribution in [0.1, 0.15) is 29.6 Å². The number of piperidine rings is 1. The predicted molar refractivity (Wildman–Crippen MR) is 91.8 cm³/mol. The molecule has 0 bridgehead atoms. The summed E-state index contributed by atoms with van der Waals surface area (Å²) in [6.45, 7) is 2.03. The van der Waals surface area contributed by atoms with Crippen molar-refractivity contribution in [2.75, 3.05) is 26.2 Å². The zero-order valence-electron chi connectivity index (χ0n) is 13.9. The molecule has 3 rings (SSSR count). The molecule has 0 saturated carbocycles. The first kappa shape index (κ1) is 17.4. The Morgan fingerprint density at radius 2 is 2.24 bits per heavy atom. The SMILES string of the molecule is O=C(NCCN1CCCC[C@@H]1CO)c1cnc2c(O)cccn2c1=O. The Hall–Kier alpha value is -2.45. The molecule has 1 fully saturated rings. The van der Waals surface area contributed by atoms with Gasteiger partial charge in [-0.25, -0.2) is 4.98 Å². The molecule has 1 aliphatic rings. The zero-order chi connectivity index (χ0) is 17.8. The summed E-state index contributed by atoms with van der Waals surface area (Å²) in [5.74, 6) is -0.612. The van der Waals surface area contributed by atoms with E-state index in [1.54, 1.807) is 0 Å². The fourth-order valence-corrected chi connectivity index (χ4v) is 3.22. The second-order valence-corrected chi connectivity index (χ2v) is 6.19. The maximum Gasteiger partial charge on any atom is 0.270 e. The number of aromatic hydroxyl groups is 1. The summed E-state index contributed by atoms with van der Waals surface area (Å²) >= 11 is 0. The van der Waals surface area contributed by atoms with Gasteiger partial charge in [-0.2, -0.15) is 0 Å². The average Bonchev–Trinajstić information content (AvgIpc) is 2.63. The van der Waals surface area contributed by atoms with Crippen LogP contribution in [0.5, 0.6) is 5.75 Å². The van der Waals surface area contributed by atoms with Crippen LogP contribution in [0.3, 0.4) is 0 Å². The molecule has 1 aliphatic heterocycles. The van der Waals surface area contributed by atoms with Gasteiger partial charge in [-0.1, -0.05) is 6.42 Å². The number of carbonyl (C=O) groups excluding carboxylic acids is 1. The maximum atomic E-state index is 12.4. The zero-order valence-corrected chi connectivity index (χ0v) is 13.9. The summed E-state index contributed by atoms with van der Waals surface area (Å²) in [6, 6.07) is 3.08. The number of aliphatic hydroxyl groups is 1. The van der Waals surface area contributed by atoms with E-state index in [9.17, 15) is 19.8 Å². The minimum absolute atomic E-state index is 0.0690. The summed E-state index contributed by atoms with van der Waals surface area (Å²) in [5, 5.41) is 21.8. The van der Waals surface area contributed by atoms with E-state index in [4.69, 9.17) is 0 Å². The number of aromatic nitrogens is 2. The first-order valence-electron chi connectivity index (χ1n) is 8.44. The summed E-state index contributed by atoms with van der Waals surface area (Å²) in [5.41, 5.74) is -0.479. The number of pyridine rings is 1. The number of amides is 1. The minimum Gasteiger partial charge on any atom is -0.504 e. The maximum absolute atomic E-state index is 12.4. The van der Waals surface area contributed by atoms with Crippen molar-refractivity contribution in [2.45, 2.75) is 25.3 Å². The molecule has 25 heavy (non-hydrogen) atoms. The number of nitrogens with one attached hydrogen (secondary N) is 1. The Kier molecular flexibility index (Phi) is 5.30. The van der Waals surface area contributed by atoms with Crippen LogP contribution >= 0.6 is 0 Å². The number of rotatable bonds is 5. The average molecular weight is 346 g/mol. The number of aliphatic hydroxyl groups excluding tert-OH is 1. The van der Waals surface area contributed by atoms with Gasteiger partial charge in [0, 0.05) is 31.5 Å². The van der Waals surface area contributed by atoms with Gasteiger partial charge in [-0.15, -0.1) is 0 Å². The van der Waals surface area contributed by atoms with Gasteiger partial charge >= 0.3 is 0 Å². The van der Waals surface area contributed by atoms with Crippen LogP contribution in [0, 0.1) is 0 Å². The summed E-state index contributed by atoms with van der Waals surface area (Å²) < 4.78 is 1.15. The van der Waals surface area contributed by atoms with Crippen LogP contribution in [0.2, 0.25) is 0 Å². The van der Waals surface area contributed by atoms with E-state index < -0.39 is 11.5 Å². The molecule has 3 heterocycles. The van der Waals surface area contributed by atoms with Crippen LogP contribution in [0.15, 0.2) is 29.3 Å². The lowest BCUT2D eigenvalue weighted by Crippen LogP contribution is -2.45. The topological polar surface area (TPSA) is 107 Å². The first-order chi connectivity index (χ1) is 12.1. The molecule has 3 N–H and O–H groups in total. The molecule has 0 aromatic carbocycles. The Morgan fingerprint density at radius 3 is 3.04 bits per heavy atom. The van der Waals surface area contributed by atoms with Crippen LogP contribution in [-0.4, -0.2) is 62.7 Å². The Morgan fingerprint density at radius 1 is 1.40 bits per heavy atom. The van der Waals surface area contributed by atoms with E-state index in [0.717, 1.165) is 30.2 Å². The Bertz CT molecular complexity index is 820. The fraction of sp³-hybridized carbons (Fsp3) is 0.471. The van der Waals surface area contributed by atoms with Crippen molar-refractivity contribution in [1.82, 2.24) is 19.6 Å². The van der Waals surface area contributed by atoms with E-state index in [2.05, 4.69) is 15.2 Å². The molecule has 8 heteroatoms. The van der Waals surface area contributed by atoms with Crippen molar-refractivity contribution in [3.8, 4) is 5.75 Å². The van der Waals surface area contributed by atoms with Crippen molar-refractivity contribution in [3.63, 3.8) is 0 Å². The van der Waals surface area contributed by atoms with Crippen LogP contribution < -0.4 is 10.9 Å². The Labute approximate surface area is 144 Å². The number of carbonyl (C=O) groups is 1. The number of hydrogen-bond acceptors (Lipinski definition) is 6. The Balaban J connectivity index is 1.66. The minimum atomic E-state index is -0.524. The molecule has 2 aromatic heterocycles. The van der Waals surface area contributed by atoms with Crippen LogP contribution in [0.25, 0.3) is 5.65 Å². The van der Waals surface area contributed by atoms with Gasteiger partial charge in [0.1, 0.15) is 5.56 Å². The second kappa shape index (κ2) is 7.62. The summed E-state index contributed by atoms with van der Waals surface area (Å²) in [7, 11) is 0. The van der Waals surface area contributed by atoms with Gasteiger partial charge in [-0.05, 0) is 31.5 Å². The van der Waals surface area contributed by atoms with E-state index in [1.165, 1.54) is 24.5 Å². The highest BCUT2D eigenvalue weighted by molar-refractivity contribution is 5.93. The van der Waals surface area contributed by atoms with Crippen molar-refractivity contribution >= 4 is 11.6 Å². The quantitative estimate of drug-likeness (QED) is 0.702. The molecule has 134 valence electrons. The van der Waals surface area contributed by atoms with E-state index in [1.807, 2.05) is 0 Å². The number of fused-ring (bicyclic) bond motifs is 1. The molecule has 8 nitrogen and oxygen atoms in total. The van der Waals surface area contributed by atoms with Gasteiger partial charge < -0.3 is 15.5 Å². The monoisotopic (exact) mass is 346 g/mol. The van der Waals surface area contributed by atoms with Gasteiger partial charge in [0.2, 0.25) is 0 Å². The predicted octanol–water partition coefficient (Wildman–Crippen LogP) is -0.0233. The van der Waals surface area contributed by atoms with Gasteiger partial charge in [0.05, 0.1) is 6.61 Å². The molecule has 1 saturated heterocycles. The third kappa shape index (κ3) is 3.64. The largest absolute Gasteiger partial charge is 0.504 e. The summed E-state index contributed by atoms with van der Waals surface area (Å²) in [4.78, 5) is 30.8. The van der Waals surface area contributed by atoms with E-state index >= 15 is 0 Å². The molecule has 2 aromatic rings. The lowest BCUT2D eigenvalue weighted by Gasteiger charge is -2.34. The van der Waals surface area contributed by atoms with Crippen molar-refractivity contribution in [1.29, 1.82) is 0 Å². The van der Waals surface area contributed by atoms with Gasteiger partial charge in [0.25, 0.3) is 11.5 Å². The van der Waals surface area contributed by atoms with Crippen LogP contribution in [-0.2, 0) is 0 Å². The lowest BCUT2D eigenvalue weighted by atomic mass is 10.0. The molecule has 1 amide bonds. The molecule has 0 radical (unpaired) electrons. The molecule has 0 spiro atoms. The third-order valence-corrected chi connectivity index (χ3v) is 4.60. The molecular weight excluding hydrogens is 324 g/mol. The normalized spacial score (nSPS) is 18.4. The highest BCUT2D eigenvalue weighted by Gasteiger charge is 2.21. The third-order valence-electron chi connectivity index (χ3n) is 4.60. The van der Waals surface area contributed by atoms with Gasteiger partial charge in [-0.3, -0.25) is 18.9 Å². The second-order valence-electron chi connectivity index (χ2n) is 6.19. The van der Waals surface area contributed by atoms with Crippen molar-refractivity contribution < 1.29 is 15.0 Å². The van der Waals surface area contributed by atoms with E-state index in [0.29, 0.717) is 13.1 Å². The molecule has 1 atom stereocenters. The summed E-state index contributed by atoms with van der Waals surface area (Å²) in [6.07, 6.45) is 5.80. The molecule has 0 unspecified atom stereocenters. The lowest BCUT2D eigenvalue weighted by molar-refractivity contribution is 0.0848. The standard InChI is InChI=1S/C17H22N4O4/c22-11-12-4-1-2-7-20(12)9-6-18-16(24)13-10-19-15-14(23)5-3-8-21(15)17(13)25/h3,5,8,10,12,22-23H,1-2,4,6-7,9,11H2,(H,18,24)/t12-/m1/s1. The highest BCUT2D eigenvalue weighted by atomic mass is 16.3.